The SMILES string of the molecule is CCCNc1nccc(N2CCN(c3ccc(O)cc3OC)CC2)c1C(=O)N(C)C.Cl. The van der Waals surface area contributed by atoms with Crippen molar-refractivity contribution in [2.24, 2.45) is 0 Å². The molecule has 1 aliphatic heterocycles. The van der Waals surface area contributed by atoms with Gasteiger partial charge in [0, 0.05) is 59.1 Å². The fourth-order valence-electron chi connectivity index (χ4n) is 3.64. The molecule has 1 aliphatic rings. The Balaban J connectivity index is 0.00000341. The second kappa shape index (κ2) is 10.9. The second-order valence-corrected chi connectivity index (χ2v) is 7.51. The summed E-state index contributed by atoms with van der Waals surface area (Å²) in [7, 11) is 5.13. The van der Waals surface area contributed by atoms with Gasteiger partial charge in [-0.1, -0.05) is 6.92 Å². The molecule has 0 atom stereocenters. The van der Waals surface area contributed by atoms with Crippen LogP contribution in [0.15, 0.2) is 30.5 Å². The van der Waals surface area contributed by atoms with Gasteiger partial charge >= 0.3 is 0 Å². The average Bonchev–Trinajstić information content (AvgIpc) is 2.76. The Bertz CT molecular complexity index is 885. The number of hydrogen-bond donors (Lipinski definition) is 2. The van der Waals surface area contributed by atoms with E-state index in [0.29, 0.717) is 17.1 Å². The number of hydrogen-bond acceptors (Lipinski definition) is 7. The van der Waals surface area contributed by atoms with E-state index >= 15 is 0 Å². The first-order valence-electron chi connectivity index (χ1n) is 10.3. The molecule has 9 heteroatoms. The monoisotopic (exact) mass is 449 g/mol. The van der Waals surface area contributed by atoms with E-state index in [2.05, 4.69) is 27.0 Å². The van der Waals surface area contributed by atoms with Gasteiger partial charge in [0.05, 0.1) is 18.5 Å². The lowest BCUT2D eigenvalue weighted by atomic mass is 10.1. The van der Waals surface area contributed by atoms with Crippen molar-refractivity contribution in [2.45, 2.75) is 13.3 Å². The number of carbonyl (C=O) groups is 1. The summed E-state index contributed by atoms with van der Waals surface area (Å²) < 4.78 is 5.44. The fourth-order valence-corrected chi connectivity index (χ4v) is 3.64. The number of pyridine rings is 1. The number of aromatic nitrogens is 1. The van der Waals surface area contributed by atoms with Crippen molar-refractivity contribution >= 4 is 35.5 Å². The summed E-state index contributed by atoms with van der Waals surface area (Å²) in [6, 6.07) is 7.10. The first-order valence-corrected chi connectivity index (χ1v) is 10.3. The summed E-state index contributed by atoms with van der Waals surface area (Å²) >= 11 is 0. The molecule has 8 nitrogen and oxygen atoms in total. The number of benzene rings is 1. The molecule has 3 rings (SSSR count). The first kappa shape index (κ1) is 24.4. The molecule has 2 aromatic rings. The number of anilines is 3. The molecule has 0 saturated carbocycles. The van der Waals surface area contributed by atoms with Crippen LogP contribution in [0.2, 0.25) is 0 Å². The Morgan fingerprint density at radius 2 is 1.81 bits per heavy atom. The van der Waals surface area contributed by atoms with E-state index in [1.165, 1.54) is 0 Å². The van der Waals surface area contributed by atoms with Crippen LogP contribution in [0.3, 0.4) is 0 Å². The summed E-state index contributed by atoms with van der Waals surface area (Å²) in [6.07, 6.45) is 2.71. The smallest absolute Gasteiger partial charge is 0.259 e. The number of phenolic OH excluding ortho intramolecular Hbond substituents is 1. The standard InChI is InChI=1S/C22H31N5O3.ClH/c1-5-9-23-21-20(22(29)25(2)3)18(8-10-24-21)27-13-11-26(12-14-27)17-7-6-16(28)15-19(17)30-4;/h6-8,10,15,28H,5,9,11-14H2,1-4H3,(H,23,24);1H. The zero-order chi connectivity index (χ0) is 21.7. The van der Waals surface area contributed by atoms with Gasteiger partial charge < -0.3 is 29.9 Å². The summed E-state index contributed by atoms with van der Waals surface area (Å²) in [4.78, 5) is 23.5. The molecule has 31 heavy (non-hydrogen) atoms. The number of nitrogens with one attached hydrogen (secondary N) is 1. The Morgan fingerprint density at radius 3 is 2.39 bits per heavy atom. The molecule has 0 aliphatic carbocycles. The van der Waals surface area contributed by atoms with Crippen LogP contribution in [-0.4, -0.2) is 74.8 Å². The highest BCUT2D eigenvalue weighted by Gasteiger charge is 2.26. The molecule has 0 radical (unpaired) electrons. The topological polar surface area (TPSA) is 81.2 Å². The van der Waals surface area contributed by atoms with E-state index in [9.17, 15) is 9.90 Å². The predicted octanol–water partition coefficient (Wildman–Crippen LogP) is 3.07. The van der Waals surface area contributed by atoms with Gasteiger partial charge in [-0.15, -0.1) is 12.4 Å². The number of nitrogens with zero attached hydrogens (tertiary/aromatic N) is 4. The molecule has 1 aromatic heterocycles. The third-order valence-corrected chi connectivity index (χ3v) is 5.22. The van der Waals surface area contributed by atoms with Gasteiger partial charge in [0.25, 0.3) is 5.91 Å². The maximum atomic E-state index is 13.0. The molecular formula is C22H32ClN5O3. The maximum absolute atomic E-state index is 13.0. The highest BCUT2D eigenvalue weighted by Crippen LogP contribution is 2.34. The number of methoxy groups -OCH3 is 1. The van der Waals surface area contributed by atoms with Gasteiger partial charge in [0.2, 0.25) is 0 Å². The van der Waals surface area contributed by atoms with Crippen molar-refractivity contribution in [1.82, 2.24) is 9.88 Å². The Hall–Kier alpha value is -2.87. The lowest BCUT2D eigenvalue weighted by Gasteiger charge is -2.38. The van der Waals surface area contributed by atoms with Crippen molar-refractivity contribution in [3.8, 4) is 11.5 Å². The summed E-state index contributed by atoms with van der Waals surface area (Å²) in [5, 5.41) is 13.0. The molecule has 0 bridgehead atoms. The number of halogens is 1. The third kappa shape index (κ3) is 5.44. The van der Waals surface area contributed by atoms with Crippen LogP contribution in [0, 0.1) is 0 Å². The second-order valence-electron chi connectivity index (χ2n) is 7.51. The van der Waals surface area contributed by atoms with E-state index in [1.807, 2.05) is 12.1 Å². The van der Waals surface area contributed by atoms with Crippen LogP contribution >= 0.6 is 12.4 Å². The van der Waals surface area contributed by atoms with Crippen LogP contribution < -0.4 is 19.9 Å². The molecule has 0 unspecified atom stereocenters. The minimum atomic E-state index is -0.0562. The number of phenols is 1. The number of aromatic hydroxyl groups is 1. The van der Waals surface area contributed by atoms with E-state index in [0.717, 1.165) is 50.5 Å². The first-order chi connectivity index (χ1) is 14.5. The van der Waals surface area contributed by atoms with E-state index in [1.54, 1.807) is 44.4 Å². The van der Waals surface area contributed by atoms with Gasteiger partial charge in [-0.25, -0.2) is 4.98 Å². The summed E-state index contributed by atoms with van der Waals surface area (Å²) in [6.45, 7) is 5.91. The molecule has 1 aromatic carbocycles. The zero-order valence-electron chi connectivity index (χ0n) is 18.6. The lowest BCUT2D eigenvalue weighted by molar-refractivity contribution is 0.0828. The van der Waals surface area contributed by atoms with Crippen LogP contribution in [0.5, 0.6) is 11.5 Å². The van der Waals surface area contributed by atoms with Gasteiger partial charge in [0.15, 0.2) is 0 Å². The lowest BCUT2D eigenvalue weighted by Crippen LogP contribution is -2.47. The van der Waals surface area contributed by atoms with Crippen molar-refractivity contribution in [3.63, 3.8) is 0 Å². The van der Waals surface area contributed by atoms with Crippen molar-refractivity contribution in [1.29, 1.82) is 0 Å². The number of rotatable bonds is 7. The molecule has 1 saturated heterocycles. The number of amides is 1. The molecule has 1 fully saturated rings. The minimum Gasteiger partial charge on any atom is -0.508 e. The molecule has 170 valence electrons. The highest BCUT2D eigenvalue weighted by atomic mass is 35.5. The van der Waals surface area contributed by atoms with E-state index in [4.69, 9.17) is 4.74 Å². The molecule has 1 amide bonds. The summed E-state index contributed by atoms with van der Waals surface area (Å²) in [5.74, 6) is 1.42. The van der Waals surface area contributed by atoms with E-state index < -0.39 is 0 Å². The minimum absolute atomic E-state index is 0. The third-order valence-electron chi connectivity index (χ3n) is 5.22. The Labute approximate surface area is 190 Å². The van der Waals surface area contributed by atoms with Crippen molar-refractivity contribution in [2.75, 3.05) is 69.0 Å². The number of carbonyl (C=O) groups excluding carboxylic acids is 1. The summed E-state index contributed by atoms with van der Waals surface area (Å²) in [5.41, 5.74) is 2.48. The predicted molar refractivity (Wildman–Crippen MR) is 127 cm³/mol. The fraction of sp³-hybridized carbons (Fsp3) is 0.455. The molecule has 2 heterocycles. The van der Waals surface area contributed by atoms with Crippen molar-refractivity contribution in [3.05, 3.63) is 36.0 Å². The van der Waals surface area contributed by atoms with Gasteiger partial charge in [-0.3, -0.25) is 4.79 Å². The largest absolute Gasteiger partial charge is 0.508 e. The molecular weight excluding hydrogens is 418 g/mol. The Kier molecular flexibility index (Phi) is 8.62. The van der Waals surface area contributed by atoms with Gasteiger partial charge in [0.1, 0.15) is 22.9 Å². The normalized spacial score (nSPS) is 13.4. The molecule has 0 spiro atoms. The van der Waals surface area contributed by atoms with Crippen LogP contribution in [-0.2, 0) is 0 Å². The van der Waals surface area contributed by atoms with Crippen LogP contribution in [0.4, 0.5) is 17.2 Å². The highest BCUT2D eigenvalue weighted by molar-refractivity contribution is 6.04. The quantitative estimate of drug-likeness (QED) is 0.672. The maximum Gasteiger partial charge on any atom is 0.259 e. The zero-order valence-corrected chi connectivity index (χ0v) is 19.4. The Morgan fingerprint density at radius 1 is 1.16 bits per heavy atom. The van der Waals surface area contributed by atoms with Crippen molar-refractivity contribution < 1.29 is 14.6 Å². The van der Waals surface area contributed by atoms with Crippen LogP contribution in [0.1, 0.15) is 23.7 Å². The number of piperazine rings is 1. The van der Waals surface area contributed by atoms with Gasteiger partial charge in [-0.2, -0.15) is 0 Å². The average molecular weight is 450 g/mol. The number of ether oxygens (including phenoxy) is 1. The van der Waals surface area contributed by atoms with Gasteiger partial charge in [-0.05, 0) is 24.6 Å². The van der Waals surface area contributed by atoms with E-state index in [-0.39, 0.29) is 24.1 Å². The molecule has 2 N–H and O–H groups in total. The van der Waals surface area contributed by atoms with Crippen LogP contribution in [0.25, 0.3) is 0 Å².